The molecule has 0 radical (unpaired) electrons. The van der Waals surface area contributed by atoms with Crippen molar-refractivity contribution in [2.45, 2.75) is 39.2 Å². The molecule has 0 spiro atoms. The van der Waals surface area contributed by atoms with Crippen LogP contribution in [0.25, 0.3) is 0 Å². The first-order valence-corrected chi connectivity index (χ1v) is 7.02. The SMILES string of the molecule is CCOc1ccccc1NC(=O)NC(CC)(CC)CO. The minimum Gasteiger partial charge on any atom is -0.492 e. The molecule has 1 aromatic rings. The summed E-state index contributed by atoms with van der Waals surface area (Å²) in [5.74, 6) is 0.632. The lowest BCUT2D eigenvalue weighted by Gasteiger charge is -2.30. The van der Waals surface area contributed by atoms with Gasteiger partial charge in [-0.3, -0.25) is 0 Å². The van der Waals surface area contributed by atoms with Crippen molar-refractivity contribution in [1.29, 1.82) is 0 Å². The first-order chi connectivity index (χ1) is 9.60. The van der Waals surface area contributed by atoms with Gasteiger partial charge in [-0.25, -0.2) is 4.79 Å². The number of para-hydroxylation sites is 2. The Balaban J connectivity index is 2.76. The van der Waals surface area contributed by atoms with E-state index in [1.165, 1.54) is 0 Å². The molecule has 0 heterocycles. The fourth-order valence-electron chi connectivity index (χ4n) is 1.94. The number of hydrogen-bond donors (Lipinski definition) is 3. The van der Waals surface area contributed by atoms with Crippen molar-refractivity contribution in [2.24, 2.45) is 0 Å². The Morgan fingerprint density at radius 3 is 2.45 bits per heavy atom. The second kappa shape index (κ2) is 7.75. The van der Waals surface area contributed by atoms with Gasteiger partial charge in [0, 0.05) is 0 Å². The van der Waals surface area contributed by atoms with E-state index in [4.69, 9.17) is 4.74 Å². The standard InChI is InChI=1S/C15H24N2O3/c1-4-15(5-2,11-18)17-14(19)16-12-9-7-8-10-13(12)20-6-3/h7-10,18H,4-6,11H2,1-3H3,(H2,16,17,19). The van der Waals surface area contributed by atoms with E-state index in [0.717, 1.165) is 0 Å². The van der Waals surface area contributed by atoms with E-state index < -0.39 is 5.54 Å². The van der Waals surface area contributed by atoms with Crippen molar-refractivity contribution in [1.82, 2.24) is 5.32 Å². The first kappa shape index (κ1) is 16.3. The van der Waals surface area contributed by atoms with Crippen LogP contribution < -0.4 is 15.4 Å². The summed E-state index contributed by atoms with van der Waals surface area (Å²) in [4.78, 5) is 12.1. The number of nitrogens with one attached hydrogen (secondary N) is 2. The van der Waals surface area contributed by atoms with Gasteiger partial charge in [-0.1, -0.05) is 26.0 Å². The molecule has 1 rings (SSSR count). The van der Waals surface area contributed by atoms with Crippen LogP contribution in [0, 0.1) is 0 Å². The number of carbonyl (C=O) groups is 1. The molecule has 0 aliphatic rings. The van der Waals surface area contributed by atoms with Crippen molar-refractivity contribution in [2.75, 3.05) is 18.5 Å². The van der Waals surface area contributed by atoms with Gasteiger partial charge in [0.1, 0.15) is 5.75 Å². The van der Waals surface area contributed by atoms with Gasteiger partial charge in [0.15, 0.2) is 0 Å². The van der Waals surface area contributed by atoms with Crippen LogP contribution in [0.5, 0.6) is 5.75 Å². The van der Waals surface area contributed by atoms with Gasteiger partial charge in [0.05, 0.1) is 24.4 Å². The number of aliphatic hydroxyl groups is 1. The lowest BCUT2D eigenvalue weighted by Crippen LogP contribution is -2.52. The van der Waals surface area contributed by atoms with Crippen molar-refractivity contribution in [3.8, 4) is 5.75 Å². The fraction of sp³-hybridized carbons (Fsp3) is 0.533. The molecule has 0 atom stereocenters. The van der Waals surface area contributed by atoms with Crippen LogP contribution in [-0.2, 0) is 0 Å². The highest BCUT2D eigenvalue weighted by molar-refractivity contribution is 5.91. The molecule has 0 saturated carbocycles. The minimum atomic E-state index is -0.579. The third-order valence-electron chi connectivity index (χ3n) is 3.47. The highest BCUT2D eigenvalue weighted by Gasteiger charge is 2.27. The van der Waals surface area contributed by atoms with Gasteiger partial charge < -0.3 is 20.5 Å². The highest BCUT2D eigenvalue weighted by atomic mass is 16.5. The van der Waals surface area contributed by atoms with Crippen LogP contribution in [0.4, 0.5) is 10.5 Å². The number of rotatable bonds is 7. The Bertz CT molecular complexity index is 423. The summed E-state index contributed by atoms with van der Waals surface area (Å²) in [5, 5.41) is 15.1. The van der Waals surface area contributed by atoms with Gasteiger partial charge in [-0.2, -0.15) is 0 Å². The molecule has 0 aromatic heterocycles. The Morgan fingerprint density at radius 1 is 1.25 bits per heavy atom. The summed E-state index contributed by atoms with van der Waals surface area (Å²) in [6.07, 6.45) is 1.33. The van der Waals surface area contributed by atoms with E-state index >= 15 is 0 Å². The molecule has 20 heavy (non-hydrogen) atoms. The molecule has 0 saturated heterocycles. The fourth-order valence-corrected chi connectivity index (χ4v) is 1.94. The molecule has 0 aliphatic carbocycles. The molecule has 5 heteroatoms. The monoisotopic (exact) mass is 280 g/mol. The number of aliphatic hydroxyl groups excluding tert-OH is 1. The van der Waals surface area contributed by atoms with E-state index in [1.54, 1.807) is 12.1 Å². The van der Waals surface area contributed by atoms with Gasteiger partial charge in [-0.05, 0) is 31.9 Å². The zero-order chi connectivity index (χ0) is 15.0. The highest BCUT2D eigenvalue weighted by Crippen LogP contribution is 2.24. The number of anilines is 1. The molecular weight excluding hydrogens is 256 g/mol. The van der Waals surface area contributed by atoms with E-state index in [1.807, 2.05) is 32.9 Å². The average Bonchev–Trinajstić information content (AvgIpc) is 2.47. The summed E-state index contributed by atoms with van der Waals surface area (Å²) in [5.41, 5.74) is 0.0378. The lowest BCUT2D eigenvalue weighted by molar-refractivity contribution is 0.155. The lowest BCUT2D eigenvalue weighted by atomic mass is 9.94. The molecule has 0 fully saturated rings. The number of amides is 2. The summed E-state index contributed by atoms with van der Waals surface area (Å²) in [6, 6.07) is 6.93. The van der Waals surface area contributed by atoms with Crippen molar-refractivity contribution in [3.63, 3.8) is 0 Å². The smallest absolute Gasteiger partial charge is 0.319 e. The number of carbonyl (C=O) groups excluding carboxylic acids is 1. The Labute approximate surface area is 120 Å². The van der Waals surface area contributed by atoms with Crippen LogP contribution >= 0.6 is 0 Å². The number of urea groups is 1. The van der Waals surface area contributed by atoms with Crippen LogP contribution in [0.15, 0.2) is 24.3 Å². The van der Waals surface area contributed by atoms with Crippen LogP contribution in [-0.4, -0.2) is 29.9 Å². The summed E-state index contributed by atoms with van der Waals surface area (Å²) in [7, 11) is 0. The predicted octanol–water partition coefficient (Wildman–Crippen LogP) is 2.76. The third kappa shape index (κ3) is 4.13. The topological polar surface area (TPSA) is 70.6 Å². The predicted molar refractivity (Wildman–Crippen MR) is 80.2 cm³/mol. The molecule has 2 amide bonds. The summed E-state index contributed by atoms with van der Waals surface area (Å²) < 4.78 is 5.46. The zero-order valence-corrected chi connectivity index (χ0v) is 12.4. The first-order valence-electron chi connectivity index (χ1n) is 7.02. The number of benzene rings is 1. The molecule has 0 bridgehead atoms. The van der Waals surface area contributed by atoms with Gasteiger partial charge in [0.2, 0.25) is 0 Å². The largest absolute Gasteiger partial charge is 0.492 e. The van der Waals surface area contributed by atoms with E-state index in [2.05, 4.69) is 10.6 Å². The summed E-state index contributed by atoms with van der Waals surface area (Å²) >= 11 is 0. The van der Waals surface area contributed by atoms with E-state index in [0.29, 0.717) is 30.9 Å². The van der Waals surface area contributed by atoms with Crippen molar-refractivity contribution in [3.05, 3.63) is 24.3 Å². The Morgan fingerprint density at radius 2 is 1.90 bits per heavy atom. The third-order valence-corrected chi connectivity index (χ3v) is 3.47. The van der Waals surface area contributed by atoms with Crippen molar-refractivity contribution >= 4 is 11.7 Å². The van der Waals surface area contributed by atoms with E-state index in [9.17, 15) is 9.90 Å². The molecule has 5 nitrogen and oxygen atoms in total. The maximum Gasteiger partial charge on any atom is 0.319 e. The maximum atomic E-state index is 12.1. The van der Waals surface area contributed by atoms with Crippen LogP contribution in [0.3, 0.4) is 0 Å². The van der Waals surface area contributed by atoms with Crippen LogP contribution in [0.2, 0.25) is 0 Å². The number of hydrogen-bond acceptors (Lipinski definition) is 3. The molecule has 0 unspecified atom stereocenters. The Hall–Kier alpha value is -1.75. The molecular formula is C15H24N2O3. The zero-order valence-electron chi connectivity index (χ0n) is 12.4. The molecule has 112 valence electrons. The maximum absolute atomic E-state index is 12.1. The van der Waals surface area contributed by atoms with Gasteiger partial charge in [-0.15, -0.1) is 0 Å². The Kier molecular flexibility index (Phi) is 6.31. The van der Waals surface area contributed by atoms with Crippen molar-refractivity contribution < 1.29 is 14.6 Å². The normalized spacial score (nSPS) is 11.0. The second-order valence-electron chi connectivity index (χ2n) is 4.65. The van der Waals surface area contributed by atoms with Crippen LogP contribution in [0.1, 0.15) is 33.6 Å². The number of ether oxygens (including phenoxy) is 1. The molecule has 3 N–H and O–H groups in total. The summed E-state index contributed by atoms with van der Waals surface area (Å²) in [6.45, 7) is 6.22. The van der Waals surface area contributed by atoms with Gasteiger partial charge in [0.25, 0.3) is 0 Å². The quantitative estimate of drug-likeness (QED) is 0.719. The van der Waals surface area contributed by atoms with Gasteiger partial charge >= 0.3 is 6.03 Å². The molecule has 0 aliphatic heterocycles. The second-order valence-corrected chi connectivity index (χ2v) is 4.65. The van der Waals surface area contributed by atoms with E-state index in [-0.39, 0.29) is 12.6 Å². The minimum absolute atomic E-state index is 0.0828. The average molecular weight is 280 g/mol. The molecule has 1 aromatic carbocycles.